The first kappa shape index (κ1) is 17.2. The SMILES string of the molecule is CCc1ccc(NC(=O)[C@@H]2CC(=O)N(c3ccccc3CC)C2)cc1. The molecule has 0 unspecified atom stereocenters. The summed E-state index contributed by atoms with van der Waals surface area (Å²) in [4.78, 5) is 26.7. The number of carbonyl (C=O) groups is 2. The normalized spacial score (nSPS) is 17.0. The van der Waals surface area contributed by atoms with Gasteiger partial charge < -0.3 is 10.2 Å². The van der Waals surface area contributed by atoms with Gasteiger partial charge in [-0.1, -0.05) is 44.2 Å². The Balaban J connectivity index is 1.70. The van der Waals surface area contributed by atoms with Crippen LogP contribution in [0.1, 0.15) is 31.4 Å². The molecule has 4 heteroatoms. The van der Waals surface area contributed by atoms with Gasteiger partial charge in [-0.25, -0.2) is 0 Å². The van der Waals surface area contributed by atoms with E-state index < -0.39 is 0 Å². The summed E-state index contributed by atoms with van der Waals surface area (Å²) in [6, 6.07) is 15.8. The zero-order valence-corrected chi connectivity index (χ0v) is 14.8. The van der Waals surface area contributed by atoms with Gasteiger partial charge in [0.05, 0.1) is 5.92 Å². The first-order chi connectivity index (χ1) is 12.1. The van der Waals surface area contributed by atoms with Crippen LogP contribution >= 0.6 is 0 Å². The third kappa shape index (κ3) is 3.73. The molecule has 0 aliphatic carbocycles. The quantitative estimate of drug-likeness (QED) is 0.903. The minimum absolute atomic E-state index is 0.0161. The summed E-state index contributed by atoms with van der Waals surface area (Å²) in [5.41, 5.74) is 4.07. The number of carbonyl (C=O) groups excluding carboxylic acids is 2. The van der Waals surface area contributed by atoms with Crippen molar-refractivity contribution in [1.29, 1.82) is 0 Å². The van der Waals surface area contributed by atoms with Crippen molar-refractivity contribution in [3.63, 3.8) is 0 Å². The molecule has 25 heavy (non-hydrogen) atoms. The summed E-state index contributed by atoms with van der Waals surface area (Å²) in [6.45, 7) is 4.61. The third-order valence-electron chi connectivity index (χ3n) is 4.79. The van der Waals surface area contributed by atoms with Crippen LogP contribution < -0.4 is 10.2 Å². The molecule has 1 aliphatic rings. The fourth-order valence-electron chi connectivity index (χ4n) is 3.26. The molecule has 2 aromatic rings. The number of rotatable bonds is 5. The Morgan fingerprint density at radius 2 is 1.80 bits per heavy atom. The Kier molecular flexibility index (Phi) is 5.17. The molecule has 1 fully saturated rings. The fourth-order valence-corrected chi connectivity index (χ4v) is 3.26. The van der Waals surface area contributed by atoms with E-state index in [-0.39, 0.29) is 24.2 Å². The topological polar surface area (TPSA) is 49.4 Å². The van der Waals surface area contributed by atoms with Crippen molar-refractivity contribution in [3.8, 4) is 0 Å². The second kappa shape index (κ2) is 7.51. The zero-order valence-electron chi connectivity index (χ0n) is 14.8. The molecule has 0 radical (unpaired) electrons. The highest BCUT2D eigenvalue weighted by molar-refractivity contribution is 6.03. The molecular formula is C21H24N2O2. The van der Waals surface area contributed by atoms with E-state index in [0.29, 0.717) is 6.54 Å². The summed E-state index contributed by atoms with van der Waals surface area (Å²) < 4.78 is 0. The maximum absolute atomic E-state index is 12.6. The Bertz CT molecular complexity index is 768. The molecule has 1 aliphatic heterocycles. The Labute approximate surface area is 148 Å². The van der Waals surface area contributed by atoms with Crippen LogP contribution in [0.4, 0.5) is 11.4 Å². The van der Waals surface area contributed by atoms with Gasteiger partial charge in [0, 0.05) is 24.3 Å². The molecule has 1 atom stereocenters. The highest BCUT2D eigenvalue weighted by Crippen LogP contribution is 2.29. The second-order valence-corrected chi connectivity index (χ2v) is 6.43. The van der Waals surface area contributed by atoms with Gasteiger partial charge in [-0.3, -0.25) is 9.59 Å². The van der Waals surface area contributed by atoms with Gasteiger partial charge in [0.1, 0.15) is 0 Å². The van der Waals surface area contributed by atoms with E-state index in [9.17, 15) is 9.59 Å². The smallest absolute Gasteiger partial charge is 0.229 e. The number of benzene rings is 2. The highest BCUT2D eigenvalue weighted by Gasteiger charge is 2.35. The number of aryl methyl sites for hydroxylation is 2. The third-order valence-corrected chi connectivity index (χ3v) is 4.79. The van der Waals surface area contributed by atoms with Crippen molar-refractivity contribution in [1.82, 2.24) is 0 Å². The lowest BCUT2D eigenvalue weighted by Gasteiger charge is -2.20. The van der Waals surface area contributed by atoms with E-state index in [1.54, 1.807) is 4.90 Å². The average molecular weight is 336 g/mol. The molecule has 0 spiro atoms. The van der Waals surface area contributed by atoms with E-state index in [1.807, 2.05) is 48.5 Å². The minimum Gasteiger partial charge on any atom is -0.326 e. The molecule has 0 saturated carbocycles. The molecule has 2 amide bonds. The van der Waals surface area contributed by atoms with E-state index in [4.69, 9.17) is 0 Å². The molecular weight excluding hydrogens is 312 g/mol. The van der Waals surface area contributed by atoms with Gasteiger partial charge in [0.2, 0.25) is 11.8 Å². The second-order valence-electron chi connectivity index (χ2n) is 6.43. The molecule has 4 nitrogen and oxygen atoms in total. The minimum atomic E-state index is -0.316. The molecule has 0 bridgehead atoms. The summed E-state index contributed by atoms with van der Waals surface area (Å²) in [7, 11) is 0. The molecule has 1 heterocycles. The van der Waals surface area contributed by atoms with Gasteiger partial charge in [0.15, 0.2) is 0 Å². The lowest BCUT2D eigenvalue weighted by molar-refractivity contribution is -0.122. The van der Waals surface area contributed by atoms with Crippen molar-refractivity contribution >= 4 is 23.2 Å². The first-order valence-electron chi connectivity index (χ1n) is 8.90. The van der Waals surface area contributed by atoms with E-state index in [1.165, 1.54) is 5.56 Å². The number of nitrogens with zero attached hydrogens (tertiary/aromatic N) is 1. The monoisotopic (exact) mass is 336 g/mol. The Morgan fingerprint density at radius 3 is 2.48 bits per heavy atom. The number of hydrogen-bond acceptors (Lipinski definition) is 2. The van der Waals surface area contributed by atoms with Crippen LogP contribution in [-0.2, 0) is 22.4 Å². The lowest BCUT2D eigenvalue weighted by atomic mass is 10.1. The maximum atomic E-state index is 12.6. The molecule has 130 valence electrons. The molecule has 1 saturated heterocycles. The van der Waals surface area contributed by atoms with Crippen LogP contribution in [0.5, 0.6) is 0 Å². The van der Waals surface area contributed by atoms with Gasteiger partial charge in [-0.05, 0) is 42.2 Å². The zero-order chi connectivity index (χ0) is 17.8. The van der Waals surface area contributed by atoms with Crippen LogP contribution in [0, 0.1) is 5.92 Å². The van der Waals surface area contributed by atoms with E-state index in [2.05, 4.69) is 19.2 Å². The summed E-state index contributed by atoms with van der Waals surface area (Å²) in [5.74, 6) is -0.389. The van der Waals surface area contributed by atoms with Gasteiger partial charge >= 0.3 is 0 Å². The summed E-state index contributed by atoms with van der Waals surface area (Å²) in [6.07, 6.45) is 2.09. The van der Waals surface area contributed by atoms with Crippen LogP contribution in [0.2, 0.25) is 0 Å². The molecule has 3 rings (SSSR count). The van der Waals surface area contributed by atoms with Gasteiger partial charge in [0.25, 0.3) is 0 Å². The average Bonchev–Trinajstić information content (AvgIpc) is 3.04. The van der Waals surface area contributed by atoms with Gasteiger partial charge in [-0.2, -0.15) is 0 Å². The number of anilines is 2. The Morgan fingerprint density at radius 1 is 1.08 bits per heavy atom. The predicted octanol–water partition coefficient (Wildman–Crippen LogP) is 3.80. The number of hydrogen-bond donors (Lipinski definition) is 1. The van der Waals surface area contributed by atoms with Crippen molar-refractivity contribution < 1.29 is 9.59 Å². The van der Waals surface area contributed by atoms with E-state index >= 15 is 0 Å². The molecule has 1 N–H and O–H groups in total. The van der Waals surface area contributed by atoms with Crippen molar-refractivity contribution in [3.05, 3.63) is 59.7 Å². The predicted molar refractivity (Wildman–Crippen MR) is 101 cm³/mol. The van der Waals surface area contributed by atoms with Crippen molar-refractivity contribution in [2.45, 2.75) is 33.1 Å². The largest absolute Gasteiger partial charge is 0.326 e. The van der Waals surface area contributed by atoms with E-state index in [0.717, 1.165) is 29.8 Å². The number of amides is 2. The standard InChI is InChI=1S/C21H24N2O2/c1-3-15-9-11-18(12-10-15)22-21(25)17-13-20(24)23(14-17)19-8-6-5-7-16(19)4-2/h5-12,17H,3-4,13-14H2,1-2H3,(H,22,25)/t17-/m1/s1. The lowest BCUT2D eigenvalue weighted by Crippen LogP contribution is -2.28. The fraction of sp³-hybridized carbons (Fsp3) is 0.333. The molecule has 2 aromatic carbocycles. The van der Waals surface area contributed by atoms with Gasteiger partial charge in [-0.15, -0.1) is 0 Å². The number of para-hydroxylation sites is 1. The highest BCUT2D eigenvalue weighted by atomic mass is 16.2. The summed E-state index contributed by atoms with van der Waals surface area (Å²) in [5, 5.41) is 2.94. The Hall–Kier alpha value is -2.62. The maximum Gasteiger partial charge on any atom is 0.229 e. The van der Waals surface area contributed by atoms with Crippen LogP contribution in [-0.4, -0.2) is 18.4 Å². The van der Waals surface area contributed by atoms with Crippen molar-refractivity contribution in [2.24, 2.45) is 5.92 Å². The van der Waals surface area contributed by atoms with Crippen LogP contribution in [0.15, 0.2) is 48.5 Å². The number of nitrogens with one attached hydrogen (secondary N) is 1. The van der Waals surface area contributed by atoms with Crippen molar-refractivity contribution in [2.75, 3.05) is 16.8 Å². The van der Waals surface area contributed by atoms with Crippen LogP contribution in [0.3, 0.4) is 0 Å². The first-order valence-corrected chi connectivity index (χ1v) is 8.90. The molecule has 0 aromatic heterocycles. The van der Waals surface area contributed by atoms with Crippen LogP contribution in [0.25, 0.3) is 0 Å². The summed E-state index contributed by atoms with van der Waals surface area (Å²) >= 11 is 0.